The molecule has 0 aliphatic heterocycles. The Hall–Kier alpha value is -2.48. The first kappa shape index (κ1) is 19.8. The van der Waals surface area contributed by atoms with Gasteiger partial charge in [-0.3, -0.25) is 4.99 Å². The summed E-state index contributed by atoms with van der Waals surface area (Å²) in [6.45, 7) is 0.841. The van der Waals surface area contributed by atoms with Gasteiger partial charge in [-0.25, -0.2) is 0 Å². The summed E-state index contributed by atoms with van der Waals surface area (Å²) >= 11 is 0. The first-order chi connectivity index (χ1) is 12.5. The Morgan fingerprint density at radius 2 is 1.73 bits per heavy atom. The number of ether oxygens (including phenoxy) is 1. The molecular weight excluding hydrogens is 345 g/mol. The number of benzene rings is 1. The molecule has 0 amide bonds. The van der Waals surface area contributed by atoms with Crippen molar-refractivity contribution in [3.63, 3.8) is 0 Å². The molecule has 5 nitrogen and oxygen atoms in total. The number of hydrogen-bond donors (Lipinski definition) is 2. The van der Waals surface area contributed by atoms with Gasteiger partial charge in [0, 0.05) is 39.1 Å². The van der Waals surface area contributed by atoms with Crippen LogP contribution in [-0.2, 0) is 24.4 Å². The SMILES string of the molecule is CN=C(NCCn1cccc1)NCc1ccc(COCC(F)(F)F)cc1. The first-order valence-electron chi connectivity index (χ1n) is 8.24. The van der Waals surface area contributed by atoms with Gasteiger partial charge < -0.3 is 19.9 Å². The van der Waals surface area contributed by atoms with E-state index in [1.807, 2.05) is 36.7 Å². The molecule has 0 spiro atoms. The van der Waals surface area contributed by atoms with Crippen molar-refractivity contribution in [2.24, 2.45) is 4.99 Å². The standard InChI is InChI=1S/C18H23F3N4O/c1-22-17(23-8-11-25-9-2-3-10-25)24-12-15-4-6-16(7-5-15)13-26-14-18(19,20)21/h2-7,9-10H,8,11-14H2,1H3,(H2,22,23,24). The van der Waals surface area contributed by atoms with Gasteiger partial charge in [0.1, 0.15) is 6.61 Å². The summed E-state index contributed by atoms with van der Waals surface area (Å²) in [7, 11) is 1.70. The summed E-state index contributed by atoms with van der Waals surface area (Å²) in [6.07, 6.45) is -0.302. The number of rotatable bonds is 8. The highest BCUT2D eigenvalue weighted by molar-refractivity contribution is 5.79. The number of nitrogens with one attached hydrogen (secondary N) is 2. The van der Waals surface area contributed by atoms with E-state index in [9.17, 15) is 13.2 Å². The van der Waals surface area contributed by atoms with Crippen molar-refractivity contribution in [3.05, 3.63) is 59.9 Å². The Bertz CT molecular complexity index is 667. The van der Waals surface area contributed by atoms with Crippen molar-refractivity contribution in [2.45, 2.75) is 25.9 Å². The summed E-state index contributed by atoms with van der Waals surface area (Å²) in [5, 5.41) is 6.42. The van der Waals surface area contributed by atoms with Crippen LogP contribution in [0.4, 0.5) is 13.2 Å². The van der Waals surface area contributed by atoms with Crippen molar-refractivity contribution in [1.82, 2.24) is 15.2 Å². The molecule has 0 atom stereocenters. The quantitative estimate of drug-likeness (QED) is 0.556. The molecule has 0 aliphatic rings. The van der Waals surface area contributed by atoms with E-state index in [1.54, 1.807) is 19.2 Å². The largest absolute Gasteiger partial charge is 0.411 e. The van der Waals surface area contributed by atoms with Crippen molar-refractivity contribution in [3.8, 4) is 0 Å². The Labute approximate surface area is 150 Å². The molecule has 0 saturated carbocycles. The number of aromatic nitrogens is 1. The number of guanidine groups is 1. The average molecular weight is 368 g/mol. The number of aliphatic imine (C=N–C) groups is 1. The van der Waals surface area contributed by atoms with Crippen molar-refractivity contribution in [2.75, 3.05) is 20.2 Å². The third-order valence-electron chi connectivity index (χ3n) is 3.57. The molecule has 1 aromatic carbocycles. The summed E-state index contributed by atoms with van der Waals surface area (Å²) in [5.74, 6) is 0.690. The van der Waals surface area contributed by atoms with E-state index in [0.29, 0.717) is 18.1 Å². The number of hydrogen-bond acceptors (Lipinski definition) is 2. The lowest BCUT2D eigenvalue weighted by Crippen LogP contribution is -2.38. The van der Waals surface area contributed by atoms with Crippen molar-refractivity contribution < 1.29 is 17.9 Å². The van der Waals surface area contributed by atoms with E-state index >= 15 is 0 Å². The highest BCUT2D eigenvalue weighted by Crippen LogP contribution is 2.15. The van der Waals surface area contributed by atoms with Crippen LogP contribution in [-0.4, -0.2) is 36.9 Å². The molecule has 0 saturated heterocycles. The summed E-state index contributed by atoms with van der Waals surface area (Å²) in [6, 6.07) is 11.2. The van der Waals surface area contributed by atoms with Gasteiger partial charge >= 0.3 is 6.18 Å². The van der Waals surface area contributed by atoms with Crippen LogP contribution in [0.15, 0.2) is 53.8 Å². The van der Waals surface area contributed by atoms with Crippen LogP contribution >= 0.6 is 0 Å². The second-order valence-corrected chi connectivity index (χ2v) is 5.70. The molecule has 2 aromatic rings. The average Bonchev–Trinajstić information content (AvgIpc) is 3.11. The molecule has 0 unspecified atom stereocenters. The van der Waals surface area contributed by atoms with Crippen molar-refractivity contribution >= 4 is 5.96 Å². The zero-order chi connectivity index (χ0) is 18.8. The predicted octanol–water partition coefficient (Wildman–Crippen LogP) is 2.93. The highest BCUT2D eigenvalue weighted by atomic mass is 19.4. The number of alkyl halides is 3. The Kier molecular flexibility index (Phi) is 7.53. The summed E-state index contributed by atoms with van der Waals surface area (Å²) in [4.78, 5) is 4.16. The maximum Gasteiger partial charge on any atom is 0.411 e. The van der Waals surface area contributed by atoms with E-state index in [0.717, 1.165) is 18.7 Å². The lowest BCUT2D eigenvalue weighted by molar-refractivity contribution is -0.176. The van der Waals surface area contributed by atoms with E-state index < -0.39 is 12.8 Å². The van der Waals surface area contributed by atoms with Gasteiger partial charge in [0.2, 0.25) is 0 Å². The minimum absolute atomic E-state index is 0.0597. The fraction of sp³-hybridized carbons (Fsp3) is 0.389. The summed E-state index contributed by atoms with van der Waals surface area (Å²) < 4.78 is 42.9. The van der Waals surface area contributed by atoms with Crippen LogP contribution in [0.5, 0.6) is 0 Å². The van der Waals surface area contributed by atoms with Gasteiger partial charge in [-0.1, -0.05) is 24.3 Å². The molecule has 2 rings (SSSR count). The maximum absolute atomic E-state index is 12.0. The zero-order valence-electron chi connectivity index (χ0n) is 14.6. The molecule has 2 N–H and O–H groups in total. The number of nitrogens with zero attached hydrogens (tertiary/aromatic N) is 2. The molecular formula is C18H23F3N4O. The zero-order valence-corrected chi connectivity index (χ0v) is 14.6. The normalized spacial score (nSPS) is 12.2. The van der Waals surface area contributed by atoms with Crippen LogP contribution in [0.3, 0.4) is 0 Å². The summed E-state index contributed by atoms with van der Waals surface area (Å²) in [5.41, 5.74) is 1.70. The third-order valence-corrected chi connectivity index (χ3v) is 3.57. The van der Waals surface area contributed by atoms with E-state index in [1.165, 1.54) is 0 Å². The molecule has 8 heteroatoms. The fourth-order valence-corrected chi connectivity index (χ4v) is 2.27. The topological polar surface area (TPSA) is 50.6 Å². The predicted molar refractivity (Wildman–Crippen MR) is 94.8 cm³/mol. The first-order valence-corrected chi connectivity index (χ1v) is 8.24. The van der Waals surface area contributed by atoms with Gasteiger partial charge in [0.05, 0.1) is 6.61 Å². The van der Waals surface area contributed by atoms with Crippen LogP contribution in [0.1, 0.15) is 11.1 Å². The van der Waals surface area contributed by atoms with Gasteiger partial charge in [0.25, 0.3) is 0 Å². The molecule has 142 valence electrons. The lowest BCUT2D eigenvalue weighted by atomic mass is 10.1. The van der Waals surface area contributed by atoms with Crippen molar-refractivity contribution in [1.29, 1.82) is 0 Å². The Morgan fingerprint density at radius 1 is 1.08 bits per heavy atom. The van der Waals surface area contributed by atoms with Gasteiger partial charge in [0.15, 0.2) is 5.96 Å². The van der Waals surface area contributed by atoms with Gasteiger partial charge in [-0.2, -0.15) is 13.2 Å². The fourth-order valence-electron chi connectivity index (χ4n) is 2.27. The smallest absolute Gasteiger partial charge is 0.367 e. The van der Waals surface area contributed by atoms with Gasteiger partial charge in [-0.05, 0) is 23.3 Å². The molecule has 1 heterocycles. The molecule has 0 radical (unpaired) electrons. The van der Waals surface area contributed by atoms with E-state index in [-0.39, 0.29) is 6.61 Å². The van der Waals surface area contributed by atoms with Gasteiger partial charge in [-0.15, -0.1) is 0 Å². The third kappa shape index (κ3) is 7.60. The highest BCUT2D eigenvalue weighted by Gasteiger charge is 2.27. The van der Waals surface area contributed by atoms with Crippen LogP contribution in [0.2, 0.25) is 0 Å². The maximum atomic E-state index is 12.0. The molecule has 1 aromatic heterocycles. The van der Waals surface area contributed by atoms with E-state index in [2.05, 4.69) is 24.9 Å². The number of halogens is 3. The molecule has 0 bridgehead atoms. The Balaban J connectivity index is 1.70. The van der Waals surface area contributed by atoms with Crippen LogP contribution in [0.25, 0.3) is 0 Å². The minimum atomic E-state index is -4.30. The van der Waals surface area contributed by atoms with E-state index in [4.69, 9.17) is 0 Å². The lowest BCUT2D eigenvalue weighted by Gasteiger charge is -2.13. The molecule has 0 aliphatic carbocycles. The van der Waals surface area contributed by atoms with Crippen LogP contribution in [0, 0.1) is 0 Å². The second-order valence-electron chi connectivity index (χ2n) is 5.70. The molecule has 0 fully saturated rings. The van der Waals surface area contributed by atoms with Crippen LogP contribution < -0.4 is 10.6 Å². The second kappa shape index (κ2) is 9.86. The minimum Gasteiger partial charge on any atom is -0.367 e. The molecule has 26 heavy (non-hydrogen) atoms. The monoisotopic (exact) mass is 368 g/mol. The Morgan fingerprint density at radius 3 is 2.35 bits per heavy atom.